The van der Waals surface area contributed by atoms with Crippen molar-refractivity contribution in [2.75, 3.05) is 13.2 Å². The van der Waals surface area contributed by atoms with Gasteiger partial charge in [0.1, 0.15) is 0 Å². The summed E-state index contributed by atoms with van der Waals surface area (Å²) in [5.41, 5.74) is 1.98. The third-order valence-electron chi connectivity index (χ3n) is 1.84. The van der Waals surface area contributed by atoms with Gasteiger partial charge in [0.15, 0.2) is 6.26 Å². The van der Waals surface area contributed by atoms with Crippen LogP contribution in [0.3, 0.4) is 0 Å². The van der Waals surface area contributed by atoms with Crippen LogP contribution in [0.2, 0.25) is 0 Å². The Kier molecular flexibility index (Phi) is 3.83. The van der Waals surface area contributed by atoms with E-state index < -0.39 is 0 Å². The van der Waals surface area contributed by atoms with Crippen molar-refractivity contribution < 1.29 is 9.84 Å². The van der Waals surface area contributed by atoms with Crippen LogP contribution in [-0.2, 0) is 4.74 Å². The minimum atomic E-state index is 0.116. The van der Waals surface area contributed by atoms with Gasteiger partial charge in [0.05, 0.1) is 18.9 Å². The highest BCUT2D eigenvalue weighted by molar-refractivity contribution is 5.07. The molecule has 0 fully saturated rings. The van der Waals surface area contributed by atoms with Gasteiger partial charge in [-0.3, -0.25) is 0 Å². The molecule has 0 bridgehead atoms. The van der Waals surface area contributed by atoms with Gasteiger partial charge in [-0.05, 0) is 13.8 Å². The van der Waals surface area contributed by atoms with Crippen LogP contribution in [-0.4, -0.2) is 24.4 Å². The van der Waals surface area contributed by atoms with Gasteiger partial charge in [-0.1, -0.05) is 11.6 Å². The van der Waals surface area contributed by atoms with Gasteiger partial charge in [-0.25, -0.2) is 0 Å². The van der Waals surface area contributed by atoms with E-state index in [0.29, 0.717) is 0 Å². The lowest BCUT2D eigenvalue weighted by atomic mass is 10.2. The maximum absolute atomic E-state index is 8.80. The van der Waals surface area contributed by atoms with E-state index in [-0.39, 0.29) is 12.6 Å². The van der Waals surface area contributed by atoms with Crippen LogP contribution in [0, 0.1) is 6.26 Å². The van der Waals surface area contributed by atoms with Crippen LogP contribution in [0.1, 0.15) is 20.3 Å². The quantitative estimate of drug-likeness (QED) is 0.636. The molecule has 1 unspecified atom stereocenters. The molecule has 1 rings (SSSR count). The SMILES string of the molecule is C/C(=C/C(C)NC1=[C]OCC1)CO. The summed E-state index contributed by atoms with van der Waals surface area (Å²) in [5, 5.41) is 12.0. The first-order valence-corrected chi connectivity index (χ1v) is 4.50. The summed E-state index contributed by atoms with van der Waals surface area (Å²) in [4.78, 5) is 0. The molecule has 0 saturated heterocycles. The standard InChI is InChI=1S/C10H16NO2/c1-8(6-12)5-9(2)11-10-3-4-13-7-10/h5,9,11-12H,3-4,6H2,1-2H3/b8-5-. The van der Waals surface area contributed by atoms with Crippen LogP contribution >= 0.6 is 0 Å². The molecule has 0 aromatic carbocycles. The Labute approximate surface area is 79.1 Å². The summed E-state index contributed by atoms with van der Waals surface area (Å²) in [7, 11) is 0. The molecule has 73 valence electrons. The van der Waals surface area contributed by atoms with Crippen LogP contribution < -0.4 is 5.32 Å². The summed E-state index contributed by atoms with van der Waals surface area (Å²) in [6.45, 7) is 4.77. The number of hydrogen-bond acceptors (Lipinski definition) is 3. The van der Waals surface area contributed by atoms with Crippen LogP contribution in [0.25, 0.3) is 0 Å². The Balaban J connectivity index is 2.36. The molecule has 0 amide bonds. The zero-order chi connectivity index (χ0) is 9.68. The van der Waals surface area contributed by atoms with E-state index in [4.69, 9.17) is 9.84 Å². The molecular weight excluding hydrogens is 166 g/mol. The average molecular weight is 182 g/mol. The van der Waals surface area contributed by atoms with Gasteiger partial charge >= 0.3 is 0 Å². The molecule has 0 aliphatic carbocycles. The fourth-order valence-corrected chi connectivity index (χ4v) is 1.24. The molecule has 0 aromatic rings. The minimum Gasteiger partial charge on any atom is -0.487 e. The van der Waals surface area contributed by atoms with E-state index in [0.717, 1.165) is 24.3 Å². The zero-order valence-corrected chi connectivity index (χ0v) is 8.13. The van der Waals surface area contributed by atoms with E-state index in [1.165, 1.54) is 0 Å². The second kappa shape index (κ2) is 4.92. The maximum atomic E-state index is 8.80. The van der Waals surface area contributed by atoms with Gasteiger partial charge in [0.25, 0.3) is 0 Å². The molecule has 1 radical (unpaired) electrons. The fraction of sp³-hybridized carbons (Fsp3) is 0.600. The summed E-state index contributed by atoms with van der Waals surface area (Å²) >= 11 is 0. The highest BCUT2D eigenvalue weighted by Crippen LogP contribution is 2.07. The number of rotatable bonds is 4. The minimum absolute atomic E-state index is 0.116. The number of aliphatic hydroxyl groups is 1. The molecule has 1 heterocycles. The Hall–Kier alpha value is -0.960. The Bertz CT molecular complexity index is 221. The number of ether oxygens (including phenoxy) is 1. The van der Waals surface area contributed by atoms with E-state index in [9.17, 15) is 0 Å². The summed E-state index contributed by atoms with van der Waals surface area (Å²) in [6.07, 6.45) is 5.68. The Morgan fingerprint density at radius 1 is 1.85 bits per heavy atom. The molecule has 1 aliphatic rings. The predicted octanol–water partition coefficient (Wildman–Crippen LogP) is 0.968. The largest absolute Gasteiger partial charge is 0.487 e. The molecule has 1 atom stereocenters. The summed E-state index contributed by atoms with van der Waals surface area (Å²) in [6, 6.07) is 0.219. The molecule has 3 nitrogen and oxygen atoms in total. The lowest BCUT2D eigenvalue weighted by Gasteiger charge is -2.11. The zero-order valence-electron chi connectivity index (χ0n) is 8.13. The van der Waals surface area contributed by atoms with Crippen molar-refractivity contribution in [3.05, 3.63) is 23.6 Å². The third-order valence-corrected chi connectivity index (χ3v) is 1.84. The number of aliphatic hydroxyl groups excluding tert-OH is 1. The van der Waals surface area contributed by atoms with E-state index >= 15 is 0 Å². The third kappa shape index (κ3) is 3.51. The number of nitrogens with one attached hydrogen (secondary N) is 1. The fourth-order valence-electron chi connectivity index (χ4n) is 1.24. The van der Waals surface area contributed by atoms with E-state index in [1.807, 2.05) is 19.9 Å². The molecule has 0 spiro atoms. The first-order valence-electron chi connectivity index (χ1n) is 4.50. The normalized spacial score (nSPS) is 19.3. The monoisotopic (exact) mass is 182 g/mol. The van der Waals surface area contributed by atoms with Gasteiger partial charge < -0.3 is 15.2 Å². The number of hydrogen-bond donors (Lipinski definition) is 2. The van der Waals surface area contributed by atoms with Crippen molar-refractivity contribution in [2.45, 2.75) is 26.3 Å². The van der Waals surface area contributed by atoms with Crippen LogP contribution in [0.4, 0.5) is 0 Å². The first-order chi connectivity index (χ1) is 6.22. The van der Waals surface area contributed by atoms with Crippen molar-refractivity contribution >= 4 is 0 Å². The Morgan fingerprint density at radius 2 is 2.62 bits per heavy atom. The smallest absolute Gasteiger partial charge is 0.182 e. The average Bonchev–Trinajstić information content (AvgIpc) is 2.56. The lowest BCUT2D eigenvalue weighted by molar-refractivity contribution is 0.261. The first kappa shape index (κ1) is 10.1. The predicted molar refractivity (Wildman–Crippen MR) is 50.8 cm³/mol. The maximum Gasteiger partial charge on any atom is 0.182 e. The Morgan fingerprint density at radius 3 is 3.15 bits per heavy atom. The molecule has 1 aliphatic heterocycles. The van der Waals surface area contributed by atoms with Crippen molar-refractivity contribution in [3.8, 4) is 0 Å². The topological polar surface area (TPSA) is 41.5 Å². The van der Waals surface area contributed by atoms with Crippen LogP contribution in [0.15, 0.2) is 17.3 Å². The summed E-state index contributed by atoms with van der Waals surface area (Å²) < 4.78 is 4.97. The second-order valence-electron chi connectivity index (χ2n) is 3.28. The van der Waals surface area contributed by atoms with Crippen molar-refractivity contribution in [1.82, 2.24) is 5.32 Å². The molecule has 3 heteroatoms. The van der Waals surface area contributed by atoms with Crippen molar-refractivity contribution in [2.24, 2.45) is 0 Å². The molecular formula is C10H16NO2. The molecule has 13 heavy (non-hydrogen) atoms. The molecule has 2 N–H and O–H groups in total. The van der Waals surface area contributed by atoms with E-state index in [2.05, 4.69) is 11.6 Å². The van der Waals surface area contributed by atoms with Gasteiger partial charge in [0.2, 0.25) is 0 Å². The molecule has 0 aromatic heterocycles. The highest BCUT2D eigenvalue weighted by atomic mass is 16.5. The van der Waals surface area contributed by atoms with Crippen molar-refractivity contribution in [1.29, 1.82) is 0 Å². The lowest BCUT2D eigenvalue weighted by Crippen LogP contribution is -2.23. The van der Waals surface area contributed by atoms with Gasteiger partial charge in [-0.15, -0.1) is 0 Å². The van der Waals surface area contributed by atoms with Crippen molar-refractivity contribution in [3.63, 3.8) is 0 Å². The summed E-state index contributed by atoms with van der Waals surface area (Å²) in [5.74, 6) is 0. The highest BCUT2D eigenvalue weighted by Gasteiger charge is 2.07. The molecule has 0 saturated carbocycles. The van der Waals surface area contributed by atoms with Gasteiger partial charge in [0, 0.05) is 12.5 Å². The van der Waals surface area contributed by atoms with Crippen LogP contribution in [0.5, 0.6) is 0 Å². The van der Waals surface area contributed by atoms with E-state index in [1.54, 1.807) is 0 Å². The second-order valence-corrected chi connectivity index (χ2v) is 3.28. The van der Waals surface area contributed by atoms with Gasteiger partial charge in [-0.2, -0.15) is 0 Å².